The van der Waals surface area contributed by atoms with Crippen LogP contribution in [-0.4, -0.2) is 36.6 Å². The predicted octanol–water partition coefficient (Wildman–Crippen LogP) is 4.28. The second kappa shape index (κ2) is 11.4. The number of ether oxygens (including phenoxy) is 2. The van der Waals surface area contributed by atoms with Crippen LogP contribution < -0.4 is 9.47 Å². The van der Waals surface area contributed by atoms with Crippen LogP contribution >= 0.6 is 0 Å². The Balaban J connectivity index is 2.03. The summed E-state index contributed by atoms with van der Waals surface area (Å²) < 4.78 is 11.6. The summed E-state index contributed by atoms with van der Waals surface area (Å²) in [6, 6.07) is 6.20. The summed E-state index contributed by atoms with van der Waals surface area (Å²) in [6.07, 6.45) is 9.00. The van der Waals surface area contributed by atoms with Crippen LogP contribution in [0.4, 0.5) is 0 Å². The van der Waals surface area contributed by atoms with Gasteiger partial charge in [0.05, 0.1) is 13.2 Å². The molecule has 1 aromatic rings. The van der Waals surface area contributed by atoms with Gasteiger partial charge in [-0.2, -0.15) is 0 Å². The molecular weight excluding hydrogens is 316 g/mol. The minimum Gasteiger partial charge on any atom is -0.493 e. The zero-order chi connectivity index (χ0) is 17.9. The molecule has 1 aliphatic rings. The van der Waals surface area contributed by atoms with Crippen LogP contribution in [0.1, 0.15) is 69.8 Å². The molecule has 0 amide bonds. The van der Waals surface area contributed by atoms with Gasteiger partial charge in [0.25, 0.3) is 0 Å². The van der Waals surface area contributed by atoms with E-state index in [9.17, 15) is 0 Å². The van der Waals surface area contributed by atoms with Crippen molar-refractivity contribution >= 4 is 0 Å². The van der Waals surface area contributed by atoms with E-state index in [1.54, 1.807) is 0 Å². The average molecular weight is 350 g/mol. The van der Waals surface area contributed by atoms with Crippen LogP contribution in [0.25, 0.3) is 0 Å². The summed E-state index contributed by atoms with van der Waals surface area (Å²) in [4.78, 5) is 0. The van der Waals surface area contributed by atoms with E-state index in [1.165, 1.54) is 44.1 Å². The highest BCUT2D eigenvalue weighted by Crippen LogP contribution is 2.39. The molecule has 142 valence electrons. The van der Waals surface area contributed by atoms with Crippen molar-refractivity contribution in [3.63, 3.8) is 0 Å². The third kappa shape index (κ3) is 6.87. The van der Waals surface area contributed by atoms with Crippen LogP contribution in [0.15, 0.2) is 18.2 Å². The molecule has 1 aromatic carbocycles. The van der Waals surface area contributed by atoms with Crippen molar-refractivity contribution < 1.29 is 19.7 Å². The monoisotopic (exact) mass is 350 g/mol. The van der Waals surface area contributed by atoms with Crippen molar-refractivity contribution in [2.75, 3.05) is 26.4 Å². The molecule has 2 rings (SSSR count). The van der Waals surface area contributed by atoms with Crippen molar-refractivity contribution in [2.24, 2.45) is 5.92 Å². The lowest BCUT2D eigenvalue weighted by atomic mass is 9.77. The summed E-state index contributed by atoms with van der Waals surface area (Å²) in [7, 11) is 0. The van der Waals surface area contributed by atoms with Gasteiger partial charge in [0.1, 0.15) is 11.5 Å². The smallest absolute Gasteiger partial charge is 0.123 e. The maximum absolute atomic E-state index is 8.94. The van der Waals surface area contributed by atoms with Gasteiger partial charge in [-0.3, -0.25) is 0 Å². The number of aliphatic hydroxyl groups excluding tert-OH is 2. The second-order valence-corrected chi connectivity index (χ2v) is 7.10. The highest BCUT2D eigenvalue weighted by Gasteiger charge is 2.22. The van der Waals surface area contributed by atoms with Crippen LogP contribution in [-0.2, 0) is 0 Å². The van der Waals surface area contributed by atoms with Gasteiger partial charge < -0.3 is 19.7 Å². The third-order valence-electron chi connectivity index (χ3n) is 5.06. The molecule has 0 saturated heterocycles. The van der Waals surface area contributed by atoms with Crippen molar-refractivity contribution in [3.8, 4) is 11.5 Å². The fraction of sp³-hybridized carbons (Fsp3) is 0.714. The highest BCUT2D eigenvalue weighted by atomic mass is 16.5. The van der Waals surface area contributed by atoms with Crippen LogP contribution in [0, 0.1) is 5.92 Å². The van der Waals surface area contributed by atoms with Crippen LogP contribution in [0.5, 0.6) is 11.5 Å². The molecule has 2 N–H and O–H groups in total. The SMILES string of the molecule is CCCC1CCC(c2cc(OCCCO)cc(OCCCO)c2)CC1. The molecule has 0 heterocycles. The van der Waals surface area contributed by atoms with Gasteiger partial charge in [-0.25, -0.2) is 0 Å². The largest absolute Gasteiger partial charge is 0.493 e. The summed E-state index contributed by atoms with van der Waals surface area (Å²) in [5.41, 5.74) is 1.30. The standard InChI is InChI=1S/C21H34O4/c1-2-5-17-6-8-18(9-7-17)19-14-20(24-12-3-10-22)16-21(15-19)25-13-4-11-23/h14-18,22-23H,2-13H2,1H3. The Labute approximate surface area is 152 Å². The number of hydrogen-bond acceptors (Lipinski definition) is 4. The van der Waals surface area contributed by atoms with Gasteiger partial charge in [-0.1, -0.05) is 19.8 Å². The first kappa shape index (κ1) is 20.1. The van der Waals surface area contributed by atoms with E-state index in [1.807, 2.05) is 6.07 Å². The molecule has 4 nitrogen and oxygen atoms in total. The minimum absolute atomic E-state index is 0.140. The van der Waals surface area contributed by atoms with E-state index in [4.69, 9.17) is 19.7 Å². The topological polar surface area (TPSA) is 58.9 Å². The lowest BCUT2D eigenvalue weighted by Gasteiger charge is -2.29. The molecule has 0 aromatic heterocycles. The second-order valence-electron chi connectivity index (χ2n) is 7.10. The molecule has 0 aliphatic heterocycles. The molecule has 1 aliphatic carbocycles. The number of aliphatic hydroxyl groups is 2. The molecule has 0 bridgehead atoms. The molecule has 25 heavy (non-hydrogen) atoms. The van der Waals surface area contributed by atoms with E-state index in [-0.39, 0.29) is 13.2 Å². The molecule has 4 heteroatoms. The first-order valence-electron chi connectivity index (χ1n) is 9.89. The maximum Gasteiger partial charge on any atom is 0.123 e. The first-order valence-corrected chi connectivity index (χ1v) is 9.89. The summed E-state index contributed by atoms with van der Waals surface area (Å²) >= 11 is 0. The Hall–Kier alpha value is -1.26. The molecule has 0 atom stereocenters. The molecule has 1 fully saturated rings. The number of benzene rings is 1. The van der Waals surface area contributed by atoms with Gasteiger partial charge in [-0.15, -0.1) is 0 Å². The lowest BCUT2D eigenvalue weighted by Crippen LogP contribution is -2.13. The number of rotatable bonds is 11. The van der Waals surface area contributed by atoms with E-state index in [2.05, 4.69) is 19.1 Å². The zero-order valence-electron chi connectivity index (χ0n) is 15.6. The Morgan fingerprint density at radius 3 is 1.92 bits per heavy atom. The van der Waals surface area contributed by atoms with Gasteiger partial charge in [0.2, 0.25) is 0 Å². The number of hydrogen-bond donors (Lipinski definition) is 2. The normalized spacial score (nSPS) is 20.4. The average Bonchev–Trinajstić information content (AvgIpc) is 2.63. The van der Waals surface area contributed by atoms with Crippen molar-refractivity contribution in [1.82, 2.24) is 0 Å². The quantitative estimate of drug-likeness (QED) is 0.585. The van der Waals surface area contributed by atoms with E-state index >= 15 is 0 Å². The van der Waals surface area contributed by atoms with Crippen molar-refractivity contribution in [3.05, 3.63) is 23.8 Å². The van der Waals surface area contributed by atoms with Gasteiger partial charge in [0.15, 0.2) is 0 Å². The summed E-state index contributed by atoms with van der Waals surface area (Å²) in [5.74, 6) is 3.11. The van der Waals surface area contributed by atoms with Gasteiger partial charge in [-0.05, 0) is 55.2 Å². The maximum atomic E-state index is 8.94. The summed E-state index contributed by atoms with van der Waals surface area (Å²) in [5, 5.41) is 17.9. The van der Waals surface area contributed by atoms with Gasteiger partial charge >= 0.3 is 0 Å². The molecule has 1 saturated carbocycles. The zero-order valence-corrected chi connectivity index (χ0v) is 15.6. The minimum atomic E-state index is 0.140. The van der Waals surface area contributed by atoms with Gasteiger partial charge in [0, 0.05) is 32.1 Å². The van der Waals surface area contributed by atoms with E-state index < -0.39 is 0 Å². The highest BCUT2D eigenvalue weighted by molar-refractivity contribution is 5.40. The Kier molecular flexibility index (Phi) is 9.12. The Morgan fingerprint density at radius 2 is 1.44 bits per heavy atom. The molecular formula is C21H34O4. The Bertz CT molecular complexity index is 453. The third-order valence-corrected chi connectivity index (χ3v) is 5.06. The van der Waals surface area contributed by atoms with Crippen LogP contribution in [0.2, 0.25) is 0 Å². The molecule has 0 spiro atoms. The van der Waals surface area contributed by atoms with E-state index in [0.29, 0.717) is 32.0 Å². The molecule has 0 radical (unpaired) electrons. The fourth-order valence-corrected chi connectivity index (χ4v) is 3.70. The predicted molar refractivity (Wildman–Crippen MR) is 100 cm³/mol. The van der Waals surface area contributed by atoms with Crippen molar-refractivity contribution in [2.45, 2.75) is 64.2 Å². The lowest BCUT2D eigenvalue weighted by molar-refractivity contribution is 0.227. The van der Waals surface area contributed by atoms with E-state index in [0.717, 1.165) is 17.4 Å². The fourth-order valence-electron chi connectivity index (χ4n) is 3.70. The Morgan fingerprint density at radius 1 is 0.880 bits per heavy atom. The molecule has 0 unspecified atom stereocenters. The first-order chi connectivity index (χ1) is 12.3. The van der Waals surface area contributed by atoms with Crippen molar-refractivity contribution in [1.29, 1.82) is 0 Å². The van der Waals surface area contributed by atoms with Crippen LogP contribution in [0.3, 0.4) is 0 Å². The summed E-state index contributed by atoms with van der Waals surface area (Å²) in [6.45, 7) is 3.58.